The third kappa shape index (κ3) is 5.40. The number of ether oxygens (including phenoxy) is 2. The lowest BCUT2D eigenvalue weighted by molar-refractivity contribution is -0.167. The fourth-order valence-electron chi connectivity index (χ4n) is 1.96. The molecule has 0 heterocycles. The number of hydrogen-bond acceptors (Lipinski definition) is 4. The van der Waals surface area contributed by atoms with Crippen LogP contribution in [0.25, 0.3) is 0 Å². The molecule has 0 saturated heterocycles. The van der Waals surface area contributed by atoms with E-state index in [1.54, 1.807) is 29.6 Å². The van der Waals surface area contributed by atoms with E-state index >= 15 is 0 Å². The second-order valence-electron chi connectivity index (χ2n) is 5.02. The van der Waals surface area contributed by atoms with Crippen molar-refractivity contribution in [1.29, 1.82) is 0 Å². The predicted octanol–water partition coefficient (Wildman–Crippen LogP) is 3.21. The van der Waals surface area contributed by atoms with Gasteiger partial charge in [-0.05, 0) is 30.3 Å². The van der Waals surface area contributed by atoms with Crippen molar-refractivity contribution in [3.63, 3.8) is 0 Å². The molecule has 0 aromatic heterocycles. The maximum absolute atomic E-state index is 12.3. The Labute approximate surface area is 146 Å². The summed E-state index contributed by atoms with van der Waals surface area (Å²) in [7, 11) is 1.46. The maximum Gasteiger partial charge on any atom is 0.471 e. The summed E-state index contributed by atoms with van der Waals surface area (Å²) in [6.07, 6.45) is -5.00. The monoisotopic (exact) mass is 368 g/mol. The summed E-state index contributed by atoms with van der Waals surface area (Å²) in [6.45, 7) is -0.334. The van der Waals surface area contributed by atoms with Crippen LogP contribution in [0.3, 0.4) is 0 Å². The SMILES string of the molecule is COc1ccccc1OCC(=O)Nc1cccc(NC(=O)C(F)(F)F)c1. The molecule has 0 bridgehead atoms. The highest BCUT2D eigenvalue weighted by Crippen LogP contribution is 2.25. The van der Waals surface area contributed by atoms with Gasteiger partial charge in [0.2, 0.25) is 0 Å². The van der Waals surface area contributed by atoms with Gasteiger partial charge in [0.25, 0.3) is 5.91 Å². The van der Waals surface area contributed by atoms with Gasteiger partial charge in [-0.1, -0.05) is 18.2 Å². The van der Waals surface area contributed by atoms with E-state index in [0.29, 0.717) is 11.5 Å². The van der Waals surface area contributed by atoms with Crippen LogP contribution in [0.2, 0.25) is 0 Å². The van der Waals surface area contributed by atoms with E-state index in [9.17, 15) is 22.8 Å². The van der Waals surface area contributed by atoms with E-state index in [-0.39, 0.29) is 18.0 Å². The Morgan fingerprint density at radius 2 is 1.58 bits per heavy atom. The molecule has 2 amide bonds. The molecule has 0 aliphatic carbocycles. The van der Waals surface area contributed by atoms with Crippen LogP contribution < -0.4 is 20.1 Å². The lowest BCUT2D eigenvalue weighted by atomic mass is 10.2. The number of hydrogen-bond donors (Lipinski definition) is 2. The Kier molecular flexibility index (Phi) is 6.05. The van der Waals surface area contributed by atoms with Crippen molar-refractivity contribution in [2.24, 2.45) is 0 Å². The number of alkyl halides is 3. The molecule has 2 aromatic carbocycles. The number of methoxy groups -OCH3 is 1. The standard InChI is InChI=1S/C17H15F3N2O4/c1-25-13-7-2-3-8-14(13)26-10-15(23)21-11-5-4-6-12(9-11)22-16(24)17(18,19)20/h2-9H,10H2,1H3,(H,21,23)(H,22,24). The Morgan fingerprint density at radius 3 is 2.19 bits per heavy atom. The second-order valence-corrected chi connectivity index (χ2v) is 5.02. The fourth-order valence-corrected chi connectivity index (χ4v) is 1.96. The van der Waals surface area contributed by atoms with Gasteiger partial charge < -0.3 is 20.1 Å². The summed E-state index contributed by atoms with van der Waals surface area (Å²) in [5, 5.41) is 4.17. The zero-order valence-corrected chi connectivity index (χ0v) is 13.6. The molecule has 0 saturated carbocycles. The molecular weight excluding hydrogens is 353 g/mol. The van der Waals surface area contributed by atoms with Crippen molar-refractivity contribution in [3.05, 3.63) is 48.5 Å². The molecule has 6 nitrogen and oxygen atoms in total. The molecule has 2 N–H and O–H groups in total. The Bertz CT molecular complexity index is 794. The summed E-state index contributed by atoms with van der Waals surface area (Å²) in [6, 6.07) is 12.1. The van der Waals surface area contributed by atoms with Gasteiger partial charge in [-0.3, -0.25) is 9.59 Å². The van der Waals surface area contributed by atoms with Crippen LogP contribution in [0.4, 0.5) is 24.5 Å². The second kappa shape index (κ2) is 8.24. The van der Waals surface area contributed by atoms with E-state index in [2.05, 4.69) is 5.32 Å². The van der Waals surface area contributed by atoms with Gasteiger partial charge in [-0.2, -0.15) is 13.2 Å². The number of carbonyl (C=O) groups excluding carboxylic acids is 2. The maximum atomic E-state index is 12.3. The van der Waals surface area contributed by atoms with Gasteiger partial charge in [0.1, 0.15) is 0 Å². The molecule has 2 aromatic rings. The van der Waals surface area contributed by atoms with E-state index in [1.165, 1.54) is 31.4 Å². The van der Waals surface area contributed by atoms with Crippen molar-refractivity contribution < 1.29 is 32.2 Å². The molecule has 26 heavy (non-hydrogen) atoms. The summed E-state index contributed by atoms with van der Waals surface area (Å²) in [5.74, 6) is -1.80. The Balaban J connectivity index is 1.95. The fraction of sp³-hybridized carbons (Fsp3) is 0.176. The molecule has 0 aliphatic rings. The average Bonchev–Trinajstić information content (AvgIpc) is 2.59. The van der Waals surface area contributed by atoms with Crippen LogP contribution in [-0.4, -0.2) is 31.7 Å². The van der Waals surface area contributed by atoms with Gasteiger partial charge in [0, 0.05) is 11.4 Å². The lowest BCUT2D eigenvalue weighted by Crippen LogP contribution is -2.30. The Hall–Kier alpha value is -3.23. The minimum absolute atomic E-state index is 0.101. The van der Waals surface area contributed by atoms with E-state index < -0.39 is 18.0 Å². The zero-order chi connectivity index (χ0) is 19.2. The van der Waals surface area contributed by atoms with Gasteiger partial charge in [-0.25, -0.2) is 0 Å². The van der Waals surface area contributed by atoms with E-state index in [4.69, 9.17) is 9.47 Å². The summed E-state index contributed by atoms with van der Waals surface area (Å²) >= 11 is 0. The van der Waals surface area contributed by atoms with Crippen LogP contribution >= 0.6 is 0 Å². The normalized spacial score (nSPS) is 10.8. The molecule has 138 valence electrons. The lowest BCUT2D eigenvalue weighted by Gasteiger charge is -2.12. The first-order chi connectivity index (χ1) is 12.3. The first-order valence-corrected chi connectivity index (χ1v) is 7.33. The Morgan fingerprint density at radius 1 is 0.962 bits per heavy atom. The number of para-hydroxylation sites is 2. The topological polar surface area (TPSA) is 76.7 Å². The zero-order valence-electron chi connectivity index (χ0n) is 13.6. The van der Waals surface area contributed by atoms with Crippen LogP contribution in [0.1, 0.15) is 0 Å². The predicted molar refractivity (Wildman–Crippen MR) is 88.2 cm³/mol. The minimum Gasteiger partial charge on any atom is -0.493 e. The van der Waals surface area contributed by atoms with Crippen LogP contribution in [-0.2, 0) is 9.59 Å². The van der Waals surface area contributed by atoms with Gasteiger partial charge in [0.05, 0.1) is 7.11 Å². The molecule has 2 rings (SSSR count). The van der Waals surface area contributed by atoms with Crippen molar-refractivity contribution in [1.82, 2.24) is 0 Å². The summed E-state index contributed by atoms with van der Waals surface area (Å²) in [5.41, 5.74) is 0.106. The average molecular weight is 368 g/mol. The first-order valence-electron chi connectivity index (χ1n) is 7.33. The van der Waals surface area contributed by atoms with E-state index in [0.717, 1.165) is 0 Å². The van der Waals surface area contributed by atoms with Crippen LogP contribution in [0.15, 0.2) is 48.5 Å². The van der Waals surface area contributed by atoms with Crippen molar-refractivity contribution in [2.45, 2.75) is 6.18 Å². The number of anilines is 2. The number of amides is 2. The van der Waals surface area contributed by atoms with Crippen molar-refractivity contribution in [2.75, 3.05) is 24.4 Å². The number of benzene rings is 2. The first kappa shape index (κ1) is 19.1. The quantitative estimate of drug-likeness (QED) is 0.821. The van der Waals surface area contributed by atoms with Crippen molar-refractivity contribution >= 4 is 23.2 Å². The number of nitrogens with one attached hydrogen (secondary N) is 2. The smallest absolute Gasteiger partial charge is 0.471 e. The minimum atomic E-state index is -5.00. The highest BCUT2D eigenvalue weighted by molar-refractivity contribution is 5.96. The molecule has 0 atom stereocenters. The molecule has 0 spiro atoms. The molecule has 0 aliphatic heterocycles. The largest absolute Gasteiger partial charge is 0.493 e. The summed E-state index contributed by atoms with van der Waals surface area (Å²) < 4.78 is 47.2. The van der Waals surface area contributed by atoms with Gasteiger partial charge in [0.15, 0.2) is 18.1 Å². The van der Waals surface area contributed by atoms with E-state index in [1.807, 2.05) is 0 Å². The highest BCUT2D eigenvalue weighted by Gasteiger charge is 2.38. The highest BCUT2D eigenvalue weighted by atomic mass is 19.4. The number of carbonyl (C=O) groups is 2. The third-order valence-electron chi connectivity index (χ3n) is 3.09. The number of rotatable bonds is 6. The third-order valence-corrected chi connectivity index (χ3v) is 3.09. The molecule has 0 fully saturated rings. The van der Waals surface area contributed by atoms with Crippen LogP contribution in [0.5, 0.6) is 11.5 Å². The van der Waals surface area contributed by atoms with Gasteiger partial charge in [-0.15, -0.1) is 0 Å². The van der Waals surface area contributed by atoms with Crippen molar-refractivity contribution in [3.8, 4) is 11.5 Å². The summed E-state index contributed by atoms with van der Waals surface area (Å²) in [4.78, 5) is 22.9. The molecule has 0 radical (unpaired) electrons. The molecular formula is C17H15F3N2O4. The van der Waals surface area contributed by atoms with Gasteiger partial charge >= 0.3 is 12.1 Å². The molecule has 0 unspecified atom stereocenters. The number of halogens is 3. The van der Waals surface area contributed by atoms with Crippen LogP contribution in [0, 0.1) is 0 Å². The molecule has 9 heteroatoms.